The minimum absolute atomic E-state index is 0.116. The predicted octanol–water partition coefficient (Wildman–Crippen LogP) is 3.87. The molecule has 1 aliphatic carbocycles. The molecule has 0 radical (unpaired) electrons. The summed E-state index contributed by atoms with van der Waals surface area (Å²) in [6, 6.07) is 8.40. The Kier molecular flexibility index (Phi) is 4.38. The zero-order chi connectivity index (χ0) is 13.9. The Labute approximate surface area is 131 Å². The van der Waals surface area contributed by atoms with Gasteiger partial charge in [-0.05, 0) is 37.5 Å². The van der Waals surface area contributed by atoms with E-state index >= 15 is 0 Å². The fourth-order valence-corrected chi connectivity index (χ4v) is 3.77. The highest BCUT2D eigenvalue weighted by molar-refractivity contribution is 9.10. The Hall–Kier alpha value is -0.910. The van der Waals surface area contributed by atoms with E-state index < -0.39 is 0 Å². The third-order valence-corrected chi connectivity index (χ3v) is 4.93. The number of benzene rings is 1. The Bertz CT molecular complexity index is 618. The van der Waals surface area contributed by atoms with E-state index in [1.165, 1.54) is 4.90 Å². The van der Waals surface area contributed by atoms with Gasteiger partial charge in [0, 0.05) is 32.9 Å². The molecule has 20 heavy (non-hydrogen) atoms. The molecule has 1 atom stereocenters. The Balaban J connectivity index is 1.72. The van der Waals surface area contributed by atoms with Crippen molar-refractivity contribution in [2.75, 3.05) is 0 Å². The summed E-state index contributed by atoms with van der Waals surface area (Å²) in [7, 11) is 0. The first kappa shape index (κ1) is 14.0. The molecule has 1 aromatic heterocycles. The van der Waals surface area contributed by atoms with Gasteiger partial charge in [0.1, 0.15) is 5.82 Å². The summed E-state index contributed by atoms with van der Waals surface area (Å²) in [5.41, 5.74) is 8.36. The second-order valence-corrected chi connectivity index (χ2v) is 6.90. The maximum absolute atomic E-state index is 6.09. The molecule has 0 amide bonds. The summed E-state index contributed by atoms with van der Waals surface area (Å²) in [6.07, 6.45) is 5.12. The molecular formula is C15H16BrN3S. The molecule has 2 N–H and O–H groups in total. The number of hydrogen-bond acceptors (Lipinski definition) is 4. The molecule has 1 aliphatic rings. The lowest BCUT2D eigenvalue weighted by Gasteiger charge is -2.20. The molecule has 0 saturated heterocycles. The molecule has 5 heteroatoms. The fourth-order valence-electron chi connectivity index (χ4n) is 2.40. The zero-order valence-corrected chi connectivity index (χ0v) is 13.5. The van der Waals surface area contributed by atoms with Crippen LogP contribution in [0.1, 0.15) is 36.0 Å². The largest absolute Gasteiger partial charge is 0.324 e. The maximum atomic E-state index is 6.09. The van der Waals surface area contributed by atoms with Crippen LogP contribution >= 0.6 is 27.7 Å². The van der Waals surface area contributed by atoms with Crippen LogP contribution in [-0.4, -0.2) is 9.97 Å². The van der Waals surface area contributed by atoms with Crippen molar-refractivity contribution in [3.63, 3.8) is 0 Å². The number of nitrogens with two attached hydrogens (primary N) is 1. The Morgan fingerprint density at radius 1 is 1.40 bits per heavy atom. The van der Waals surface area contributed by atoms with Crippen LogP contribution in [0.2, 0.25) is 0 Å². The molecule has 0 aliphatic heterocycles. The molecular weight excluding hydrogens is 334 g/mol. The molecule has 104 valence electrons. The standard InChI is InChI=1S/C15H16BrN3S/c16-10-3-1-4-11(7-10)20-9-15-18-8-12-13(17)5-2-6-14(12)19-15/h1,3-4,7-8,13H,2,5-6,9,17H2. The van der Waals surface area contributed by atoms with Crippen LogP contribution in [0.5, 0.6) is 0 Å². The van der Waals surface area contributed by atoms with Gasteiger partial charge in [0.15, 0.2) is 0 Å². The highest BCUT2D eigenvalue weighted by Gasteiger charge is 2.18. The second kappa shape index (κ2) is 6.24. The van der Waals surface area contributed by atoms with E-state index in [1.807, 2.05) is 18.3 Å². The molecule has 1 unspecified atom stereocenters. The van der Waals surface area contributed by atoms with E-state index in [4.69, 9.17) is 5.73 Å². The molecule has 0 bridgehead atoms. The van der Waals surface area contributed by atoms with Gasteiger partial charge in [0.25, 0.3) is 0 Å². The molecule has 0 fully saturated rings. The topological polar surface area (TPSA) is 51.8 Å². The van der Waals surface area contributed by atoms with Crippen LogP contribution in [0.3, 0.4) is 0 Å². The van der Waals surface area contributed by atoms with Crippen molar-refractivity contribution in [2.24, 2.45) is 5.73 Å². The summed E-state index contributed by atoms with van der Waals surface area (Å²) in [4.78, 5) is 10.4. The van der Waals surface area contributed by atoms with Gasteiger partial charge in [-0.1, -0.05) is 22.0 Å². The lowest BCUT2D eigenvalue weighted by atomic mass is 9.93. The van der Waals surface area contributed by atoms with Crippen LogP contribution < -0.4 is 5.73 Å². The van der Waals surface area contributed by atoms with Crippen molar-refractivity contribution in [2.45, 2.75) is 36.0 Å². The third-order valence-electron chi connectivity index (χ3n) is 3.44. The van der Waals surface area contributed by atoms with Crippen LogP contribution in [0.25, 0.3) is 0 Å². The number of nitrogens with zero attached hydrogens (tertiary/aromatic N) is 2. The van der Waals surface area contributed by atoms with Gasteiger partial charge in [-0.15, -0.1) is 11.8 Å². The van der Waals surface area contributed by atoms with Crippen molar-refractivity contribution in [3.05, 3.63) is 52.0 Å². The van der Waals surface area contributed by atoms with E-state index in [9.17, 15) is 0 Å². The highest BCUT2D eigenvalue weighted by Crippen LogP contribution is 2.28. The van der Waals surface area contributed by atoms with Gasteiger partial charge in [-0.2, -0.15) is 0 Å². The van der Waals surface area contributed by atoms with E-state index in [1.54, 1.807) is 11.8 Å². The average molecular weight is 350 g/mol. The van der Waals surface area contributed by atoms with E-state index in [-0.39, 0.29) is 6.04 Å². The van der Waals surface area contributed by atoms with Crippen LogP contribution in [0, 0.1) is 0 Å². The molecule has 1 heterocycles. The normalized spacial score (nSPS) is 17.8. The van der Waals surface area contributed by atoms with Crippen molar-refractivity contribution in [1.29, 1.82) is 0 Å². The maximum Gasteiger partial charge on any atom is 0.138 e. The Morgan fingerprint density at radius 2 is 2.30 bits per heavy atom. The third kappa shape index (κ3) is 3.22. The molecule has 1 aromatic carbocycles. The molecule has 3 nitrogen and oxygen atoms in total. The first-order valence-electron chi connectivity index (χ1n) is 6.71. The zero-order valence-electron chi connectivity index (χ0n) is 11.1. The van der Waals surface area contributed by atoms with Crippen LogP contribution in [0.15, 0.2) is 39.8 Å². The number of aryl methyl sites for hydroxylation is 1. The number of aromatic nitrogens is 2. The van der Waals surface area contributed by atoms with Gasteiger partial charge < -0.3 is 5.73 Å². The monoisotopic (exact) mass is 349 g/mol. The summed E-state index contributed by atoms with van der Waals surface area (Å²) in [6.45, 7) is 0. The summed E-state index contributed by atoms with van der Waals surface area (Å²) in [5.74, 6) is 1.68. The second-order valence-electron chi connectivity index (χ2n) is 4.93. The smallest absolute Gasteiger partial charge is 0.138 e. The van der Waals surface area contributed by atoms with Crippen molar-refractivity contribution in [3.8, 4) is 0 Å². The molecule has 3 rings (SSSR count). The van der Waals surface area contributed by atoms with Gasteiger partial charge in [0.2, 0.25) is 0 Å². The predicted molar refractivity (Wildman–Crippen MR) is 85.6 cm³/mol. The highest BCUT2D eigenvalue weighted by atomic mass is 79.9. The lowest BCUT2D eigenvalue weighted by Crippen LogP contribution is -2.19. The number of hydrogen-bond donors (Lipinski definition) is 1. The van der Waals surface area contributed by atoms with Crippen molar-refractivity contribution in [1.82, 2.24) is 9.97 Å². The van der Waals surface area contributed by atoms with E-state index in [0.29, 0.717) is 0 Å². The summed E-state index contributed by atoms with van der Waals surface area (Å²) in [5, 5.41) is 0. The minimum atomic E-state index is 0.116. The molecule has 0 saturated carbocycles. The fraction of sp³-hybridized carbons (Fsp3) is 0.333. The van der Waals surface area contributed by atoms with E-state index in [2.05, 4.69) is 38.0 Å². The van der Waals surface area contributed by atoms with Gasteiger partial charge >= 0.3 is 0 Å². The van der Waals surface area contributed by atoms with Crippen molar-refractivity contribution < 1.29 is 0 Å². The number of halogens is 1. The summed E-state index contributed by atoms with van der Waals surface area (Å²) < 4.78 is 1.10. The molecule has 0 spiro atoms. The first-order valence-corrected chi connectivity index (χ1v) is 8.49. The number of rotatable bonds is 3. The average Bonchev–Trinajstić information content (AvgIpc) is 2.45. The number of thioether (sulfide) groups is 1. The van der Waals surface area contributed by atoms with Crippen LogP contribution in [0.4, 0.5) is 0 Å². The Morgan fingerprint density at radius 3 is 3.15 bits per heavy atom. The van der Waals surface area contributed by atoms with E-state index in [0.717, 1.165) is 46.6 Å². The summed E-state index contributed by atoms with van der Waals surface area (Å²) >= 11 is 5.24. The van der Waals surface area contributed by atoms with Gasteiger partial charge in [0.05, 0.1) is 5.75 Å². The lowest BCUT2D eigenvalue weighted by molar-refractivity contribution is 0.554. The van der Waals surface area contributed by atoms with Crippen LogP contribution in [-0.2, 0) is 12.2 Å². The van der Waals surface area contributed by atoms with Crippen molar-refractivity contribution >= 4 is 27.7 Å². The SMILES string of the molecule is NC1CCCc2nc(CSc3cccc(Br)c3)ncc21. The van der Waals surface area contributed by atoms with Gasteiger partial charge in [-0.3, -0.25) is 0 Å². The minimum Gasteiger partial charge on any atom is -0.324 e. The first-order chi connectivity index (χ1) is 9.72. The molecule has 2 aromatic rings. The number of fused-ring (bicyclic) bond motifs is 1. The van der Waals surface area contributed by atoms with Gasteiger partial charge in [-0.25, -0.2) is 9.97 Å². The quantitative estimate of drug-likeness (QED) is 0.854.